The average Bonchev–Trinajstić information content (AvgIpc) is 3.24. The highest BCUT2D eigenvalue weighted by atomic mass is 16.2. The van der Waals surface area contributed by atoms with Crippen LogP contribution < -0.4 is 0 Å². The third kappa shape index (κ3) is 2.68. The first kappa shape index (κ1) is 16.2. The third-order valence-electron chi connectivity index (χ3n) is 4.81. The Morgan fingerprint density at radius 2 is 2.21 bits per heavy atom. The Bertz CT molecular complexity index is 751. The van der Waals surface area contributed by atoms with Crippen LogP contribution in [0.3, 0.4) is 0 Å². The monoisotopic (exact) mass is 330 g/mol. The molecular weight excluding hydrogens is 308 g/mol. The SMILES string of the molecule is Cc1c([C@@H]2[C@@H](C(=O)N(C)Cc3ncc[nH]3)CC(=O)N2C)cnn1C. The molecule has 128 valence electrons. The number of carbonyl (C=O) groups excluding carboxylic acids is 2. The Morgan fingerprint density at radius 3 is 2.79 bits per heavy atom. The summed E-state index contributed by atoms with van der Waals surface area (Å²) in [6, 6.07) is -0.280. The molecule has 8 heteroatoms. The minimum atomic E-state index is -0.412. The molecule has 0 aliphatic carbocycles. The number of carbonyl (C=O) groups is 2. The summed E-state index contributed by atoms with van der Waals surface area (Å²) < 4.78 is 1.76. The van der Waals surface area contributed by atoms with Crippen LogP contribution in [0.1, 0.15) is 29.5 Å². The lowest BCUT2D eigenvalue weighted by Gasteiger charge is -2.27. The van der Waals surface area contributed by atoms with E-state index in [1.54, 1.807) is 47.2 Å². The Balaban J connectivity index is 1.85. The summed E-state index contributed by atoms with van der Waals surface area (Å²) in [6.45, 7) is 2.34. The highest BCUT2D eigenvalue weighted by Gasteiger charge is 2.44. The number of rotatable bonds is 4. The minimum Gasteiger partial charge on any atom is -0.347 e. The zero-order chi connectivity index (χ0) is 17.4. The molecule has 0 spiro atoms. The van der Waals surface area contributed by atoms with Gasteiger partial charge < -0.3 is 14.8 Å². The van der Waals surface area contributed by atoms with Gasteiger partial charge >= 0.3 is 0 Å². The fourth-order valence-electron chi connectivity index (χ4n) is 3.29. The first-order valence-corrected chi connectivity index (χ1v) is 7.87. The first-order chi connectivity index (χ1) is 11.4. The molecule has 2 atom stereocenters. The molecular formula is C16H22N6O2. The van der Waals surface area contributed by atoms with Crippen LogP contribution in [0, 0.1) is 12.8 Å². The van der Waals surface area contributed by atoms with Crippen molar-refractivity contribution in [3.63, 3.8) is 0 Å². The molecule has 1 fully saturated rings. The number of likely N-dealkylation sites (tertiary alicyclic amines) is 1. The number of nitrogens with one attached hydrogen (secondary N) is 1. The lowest BCUT2D eigenvalue weighted by atomic mass is 9.93. The molecule has 1 aliphatic heterocycles. The topological polar surface area (TPSA) is 87.1 Å². The van der Waals surface area contributed by atoms with E-state index in [-0.39, 0.29) is 24.3 Å². The third-order valence-corrected chi connectivity index (χ3v) is 4.81. The van der Waals surface area contributed by atoms with E-state index in [0.717, 1.165) is 17.1 Å². The summed E-state index contributed by atoms with van der Waals surface area (Å²) in [5.41, 5.74) is 1.89. The van der Waals surface area contributed by atoms with E-state index in [1.807, 2.05) is 14.0 Å². The van der Waals surface area contributed by atoms with Gasteiger partial charge in [-0.05, 0) is 6.92 Å². The maximum atomic E-state index is 12.9. The molecule has 2 aromatic heterocycles. The fourth-order valence-corrected chi connectivity index (χ4v) is 3.29. The molecule has 0 radical (unpaired) electrons. The Hall–Kier alpha value is -2.64. The van der Waals surface area contributed by atoms with Crippen molar-refractivity contribution in [1.29, 1.82) is 0 Å². The summed E-state index contributed by atoms with van der Waals surface area (Å²) in [5.74, 6) is 0.230. The molecule has 2 aromatic rings. The van der Waals surface area contributed by atoms with Crippen molar-refractivity contribution in [2.24, 2.45) is 13.0 Å². The number of amides is 2. The van der Waals surface area contributed by atoms with E-state index in [4.69, 9.17) is 0 Å². The number of nitrogens with zero attached hydrogens (tertiary/aromatic N) is 5. The van der Waals surface area contributed by atoms with Crippen molar-refractivity contribution >= 4 is 11.8 Å². The van der Waals surface area contributed by atoms with Gasteiger partial charge in [0, 0.05) is 51.2 Å². The van der Waals surface area contributed by atoms with Gasteiger partial charge in [0.1, 0.15) is 5.82 Å². The molecule has 1 aliphatic rings. The zero-order valence-corrected chi connectivity index (χ0v) is 14.4. The predicted molar refractivity (Wildman–Crippen MR) is 86.6 cm³/mol. The molecule has 2 amide bonds. The normalized spacial score (nSPS) is 20.7. The molecule has 0 aromatic carbocycles. The van der Waals surface area contributed by atoms with Crippen LogP contribution in [-0.2, 0) is 23.2 Å². The minimum absolute atomic E-state index is 0.0204. The zero-order valence-electron chi connectivity index (χ0n) is 14.4. The number of aryl methyl sites for hydroxylation is 1. The van der Waals surface area contributed by atoms with E-state index >= 15 is 0 Å². The van der Waals surface area contributed by atoms with E-state index in [2.05, 4.69) is 15.1 Å². The Morgan fingerprint density at radius 1 is 1.46 bits per heavy atom. The standard InChI is InChI=1S/C16H22N6O2/c1-10-12(8-19-22(10)4)15-11(7-14(23)21(15)3)16(24)20(2)9-13-17-5-6-18-13/h5-6,8,11,15H,7,9H2,1-4H3,(H,17,18)/t11-,15-/m0/s1. The largest absolute Gasteiger partial charge is 0.347 e. The average molecular weight is 330 g/mol. The van der Waals surface area contributed by atoms with Crippen molar-refractivity contribution in [2.75, 3.05) is 14.1 Å². The van der Waals surface area contributed by atoms with E-state index < -0.39 is 5.92 Å². The van der Waals surface area contributed by atoms with Gasteiger partial charge in [-0.3, -0.25) is 14.3 Å². The van der Waals surface area contributed by atoms with Gasteiger partial charge in [-0.2, -0.15) is 5.10 Å². The van der Waals surface area contributed by atoms with Gasteiger partial charge in [0.25, 0.3) is 0 Å². The quantitative estimate of drug-likeness (QED) is 0.891. The summed E-state index contributed by atoms with van der Waals surface area (Å²) >= 11 is 0. The molecule has 1 saturated heterocycles. The molecule has 8 nitrogen and oxygen atoms in total. The number of aromatic nitrogens is 4. The molecule has 3 heterocycles. The maximum absolute atomic E-state index is 12.9. The predicted octanol–water partition coefficient (Wildman–Crippen LogP) is 0.630. The van der Waals surface area contributed by atoms with Crippen LogP contribution in [0.25, 0.3) is 0 Å². The van der Waals surface area contributed by atoms with Crippen molar-refractivity contribution in [3.05, 3.63) is 35.7 Å². The summed E-state index contributed by atoms with van der Waals surface area (Å²) in [4.78, 5) is 35.6. The Labute approximate surface area is 140 Å². The van der Waals surface area contributed by atoms with Crippen LogP contribution in [0.15, 0.2) is 18.6 Å². The molecule has 24 heavy (non-hydrogen) atoms. The van der Waals surface area contributed by atoms with Crippen LogP contribution in [0.4, 0.5) is 0 Å². The summed E-state index contributed by atoms with van der Waals surface area (Å²) in [6.07, 6.45) is 5.35. The maximum Gasteiger partial charge on any atom is 0.228 e. The highest BCUT2D eigenvalue weighted by Crippen LogP contribution is 2.39. The van der Waals surface area contributed by atoms with Crippen LogP contribution in [0.5, 0.6) is 0 Å². The number of H-pyrrole nitrogens is 1. The van der Waals surface area contributed by atoms with Crippen molar-refractivity contribution in [2.45, 2.75) is 25.9 Å². The Kier molecular flexibility index (Phi) is 4.13. The lowest BCUT2D eigenvalue weighted by Crippen LogP contribution is -2.36. The second-order valence-electron chi connectivity index (χ2n) is 6.30. The van der Waals surface area contributed by atoms with Gasteiger partial charge in [-0.25, -0.2) is 4.98 Å². The van der Waals surface area contributed by atoms with Gasteiger partial charge in [0.05, 0.1) is 24.7 Å². The van der Waals surface area contributed by atoms with E-state index in [0.29, 0.717) is 6.54 Å². The lowest BCUT2D eigenvalue weighted by molar-refractivity contribution is -0.135. The second-order valence-corrected chi connectivity index (χ2v) is 6.30. The van der Waals surface area contributed by atoms with Crippen molar-refractivity contribution in [3.8, 4) is 0 Å². The second kappa shape index (κ2) is 6.10. The van der Waals surface area contributed by atoms with Crippen LogP contribution in [-0.4, -0.2) is 55.5 Å². The summed E-state index contributed by atoms with van der Waals surface area (Å²) in [7, 11) is 5.34. The molecule has 0 saturated carbocycles. The van der Waals surface area contributed by atoms with E-state index in [1.165, 1.54) is 0 Å². The van der Waals surface area contributed by atoms with Gasteiger partial charge in [0.2, 0.25) is 11.8 Å². The van der Waals surface area contributed by atoms with Gasteiger partial charge in [-0.1, -0.05) is 0 Å². The smallest absolute Gasteiger partial charge is 0.228 e. The molecule has 0 bridgehead atoms. The molecule has 0 unspecified atom stereocenters. The van der Waals surface area contributed by atoms with Gasteiger partial charge in [-0.15, -0.1) is 0 Å². The van der Waals surface area contributed by atoms with Gasteiger partial charge in [0.15, 0.2) is 0 Å². The highest BCUT2D eigenvalue weighted by molar-refractivity contribution is 5.90. The van der Waals surface area contributed by atoms with Crippen molar-refractivity contribution in [1.82, 2.24) is 29.5 Å². The summed E-state index contributed by atoms with van der Waals surface area (Å²) in [5, 5.41) is 4.26. The number of imidazole rings is 1. The van der Waals surface area contributed by atoms with E-state index in [9.17, 15) is 9.59 Å². The molecule has 1 N–H and O–H groups in total. The fraction of sp³-hybridized carbons (Fsp3) is 0.500. The molecule has 3 rings (SSSR count). The number of hydrogen-bond donors (Lipinski definition) is 1. The van der Waals surface area contributed by atoms with Crippen LogP contribution in [0.2, 0.25) is 0 Å². The number of hydrogen-bond acceptors (Lipinski definition) is 4. The van der Waals surface area contributed by atoms with Crippen molar-refractivity contribution < 1.29 is 9.59 Å². The first-order valence-electron chi connectivity index (χ1n) is 7.87. The van der Waals surface area contributed by atoms with Crippen LogP contribution >= 0.6 is 0 Å². The number of aromatic amines is 1.